The summed E-state index contributed by atoms with van der Waals surface area (Å²) in [7, 11) is 0. The molecule has 9 N–H and O–H groups in total. The molecule has 0 aromatic carbocycles. The third-order valence-electron chi connectivity index (χ3n) is 1.93. The van der Waals surface area contributed by atoms with E-state index in [0.717, 1.165) is 0 Å². The van der Waals surface area contributed by atoms with Crippen LogP contribution in [0.4, 0.5) is 0 Å². The molecule has 0 heterocycles. The maximum atomic E-state index is 9.90. The summed E-state index contributed by atoms with van der Waals surface area (Å²) in [5.74, 6) is -1.18. The average Bonchev–Trinajstić information content (AvgIpc) is 2.43. The number of hydrogen-bond acceptors (Lipinski definition) is 9. The van der Waals surface area contributed by atoms with Crippen LogP contribution in [-0.4, -0.2) is 91.7 Å². The Morgan fingerprint density at radius 1 is 1.05 bits per heavy atom. The second kappa shape index (κ2) is 10.8. The van der Waals surface area contributed by atoms with E-state index < -0.39 is 49.6 Å². The maximum absolute atomic E-state index is 9.90. The Balaban J connectivity index is 0. The van der Waals surface area contributed by atoms with Crippen molar-refractivity contribution in [3.63, 3.8) is 0 Å². The number of rotatable bonds is 7. The van der Waals surface area contributed by atoms with E-state index in [9.17, 15) is 9.59 Å². The van der Waals surface area contributed by atoms with Crippen LogP contribution in [0.25, 0.3) is 0 Å². The fraction of sp³-hybridized carbons (Fsp3) is 0.778. The molecule has 0 aromatic heterocycles. The fourth-order valence-electron chi connectivity index (χ4n) is 0.696. The number of aldehydes is 1. The van der Waals surface area contributed by atoms with E-state index in [-0.39, 0.29) is 6.29 Å². The number of carbonyl (C=O) groups is 2. The molecule has 0 aliphatic heterocycles. The Morgan fingerprint density at radius 2 is 1.53 bits per heavy atom. The van der Waals surface area contributed by atoms with Gasteiger partial charge < -0.3 is 46.3 Å². The molecule has 0 saturated heterocycles. The van der Waals surface area contributed by atoms with Crippen molar-refractivity contribution in [3.05, 3.63) is 0 Å². The molecule has 0 amide bonds. The average molecular weight is 285 g/mol. The number of aliphatic hydroxyl groups excluding tert-OH is 6. The fourth-order valence-corrected chi connectivity index (χ4v) is 0.696. The van der Waals surface area contributed by atoms with Crippen LogP contribution in [0.2, 0.25) is 0 Å². The van der Waals surface area contributed by atoms with Crippen LogP contribution in [0.3, 0.4) is 0 Å². The van der Waals surface area contributed by atoms with Crippen molar-refractivity contribution in [3.8, 4) is 0 Å². The molecule has 0 bridgehead atoms. The van der Waals surface area contributed by atoms with Crippen LogP contribution >= 0.6 is 0 Å². The molecule has 0 aliphatic carbocycles. The second-order valence-corrected chi connectivity index (χ2v) is 3.49. The van der Waals surface area contributed by atoms with Gasteiger partial charge in [0, 0.05) is 0 Å². The summed E-state index contributed by atoms with van der Waals surface area (Å²) in [5.41, 5.74) is 4.77. The Labute approximate surface area is 108 Å². The first kappa shape index (κ1) is 20.2. The number of hydrogen-bond donors (Lipinski definition) is 8. The zero-order chi connectivity index (χ0) is 15.6. The summed E-state index contributed by atoms with van der Waals surface area (Å²) in [6.07, 6.45) is -6.84. The van der Waals surface area contributed by atoms with Gasteiger partial charge in [-0.2, -0.15) is 0 Å². The Morgan fingerprint density at radius 3 is 1.74 bits per heavy atom. The van der Waals surface area contributed by atoms with Crippen molar-refractivity contribution in [2.24, 2.45) is 5.73 Å². The lowest BCUT2D eigenvalue weighted by atomic mass is 10.0. The van der Waals surface area contributed by atoms with Crippen LogP contribution in [0.5, 0.6) is 0 Å². The highest BCUT2D eigenvalue weighted by Gasteiger charge is 2.29. The minimum atomic E-state index is -1.79. The van der Waals surface area contributed by atoms with Crippen LogP contribution in [0.1, 0.15) is 0 Å². The Kier molecular flexibility index (Phi) is 11.4. The zero-order valence-electron chi connectivity index (χ0n) is 9.90. The minimum Gasteiger partial charge on any atom is -0.480 e. The summed E-state index contributed by atoms with van der Waals surface area (Å²) in [6.45, 7) is -1.26. The van der Waals surface area contributed by atoms with Crippen molar-refractivity contribution >= 4 is 12.3 Å². The Hall–Kier alpha value is -1.14. The van der Waals surface area contributed by atoms with Crippen molar-refractivity contribution in [1.82, 2.24) is 0 Å². The van der Waals surface area contributed by atoms with E-state index in [2.05, 4.69) is 0 Å². The third kappa shape index (κ3) is 8.56. The van der Waals surface area contributed by atoms with E-state index in [0.29, 0.717) is 0 Å². The minimum absolute atomic E-state index is 0.0258. The molecule has 0 fully saturated rings. The van der Waals surface area contributed by atoms with Crippen LogP contribution in [-0.2, 0) is 9.59 Å². The predicted octanol–water partition coefficient (Wildman–Crippen LogP) is -4.99. The predicted molar refractivity (Wildman–Crippen MR) is 59.9 cm³/mol. The van der Waals surface area contributed by atoms with Gasteiger partial charge in [-0.25, -0.2) is 0 Å². The molecular weight excluding hydrogens is 266 g/mol. The van der Waals surface area contributed by atoms with Crippen LogP contribution < -0.4 is 5.73 Å². The summed E-state index contributed by atoms with van der Waals surface area (Å²) in [4.78, 5) is 19.5. The van der Waals surface area contributed by atoms with Gasteiger partial charge in [-0.05, 0) is 0 Å². The number of aliphatic hydroxyl groups is 6. The zero-order valence-corrected chi connectivity index (χ0v) is 9.90. The number of carboxylic acid groups (broad SMARTS) is 1. The van der Waals surface area contributed by atoms with Gasteiger partial charge >= 0.3 is 5.97 Å². The first-order valence-corrected chi connectivity index (χ1v) is 5.10. The molecule has 5 atom stereocenters. The topological polar surface area (TPSA) is 202 Å². The molecule has 0 aromatic rings. The molecule has 19 heavy (non-hydrogen) atoms. The van der Waals surface area contributed by atoms with Crippen LogP contribution in [0, 0.1) is 0 Å². The second-order valence-electron chi connectivity index (χ2n) is 3.49. The molecule has 0 spiro atoms. The third-order valence-corrected chi connectivity index (χ3v) is 1.93. The molecule has 0 aliphatic rings. The largest absolute Gasteiger partial charge is 0.480 e. The number of carboxylic acids is 1. The van der Waals surface area contributed by atoms with Gasteiger partial charge in [0.25, 0.3) is 0 Å². The monoisotopic (exact) mass is 285 g/mol. The summed E-state index contributed by atoms with van der Waals surface area (Å²) < 4.78 is 0. The highest BCUT2D eigenvalue weighted by atomic mass is 16.4. The first-order valence-electron chi connectivity index (χ1n) is 5.10. The molecule has 0 rings (SSSR count). The molecule has 10 nitrogen and oxygen atoms in total. The number of carbonyl (C=O) groups excluding carboxylic acids is 1. The van der Waals surface area contributed by atoms with Crippen molar-refractivity contribution < 1.29 is 45.3 Å². The van der Waals surface area contributed by atoms with Gasteiger partial charge in [-0.15, -0.1) is 0 Å². The molecule has 10 heteroatoms. The molecule has 114 valence electrons. The summed E-state index contributed by atoms with van der Waals surface area (Å²) in [5, 5.41) is 59.4. The molecule has 0 saturated carbocycles. The molecule has 5 unspecified atom stereocenters. The van der Waals surface area contributed by atoms with Crippen molar-refractivity contribution in [2.75, 3.05) is 13.2 Å². The quantitative estimate of drug-likeness (QED) is 0.209. The summed E-state index contributed by atoms with van der Waals surface area (Å²) in [6, 6.07) is -1.13. The Bertz CT molecular complexity index is 262. The van der Waals surface area contributed by atoms with Gasteiger partial charge in [-0.1, -0.05) is 0 Å². The lowest BCUT2D eigenvalue weighted by Gasteiger charge is -2.22. The van der Waals surface area contributed by atoms with Gasteiger partial charge in [0.2, 0.25) is 0 Å². The van der Waals surface area contributed by atoms with Gasteiger partial charge in [0.1, 0.15) is 30.5 Å². The van der Waals surface area contributed by atoms with Gasteiger partial charge in [0.05, 0.1) is 13.2 Å². The van der Waals surface area contributed by atoms with Crippen LogP contribution in [0.15, 0.2) is 0 Å². The van der Waals surface area contributed by atoms with E-state index in [1.165, 1.54) is 0 Å². The smallest absolute Gasteiger partial charge is 0.322 e. The van der Waals surface area contributed by atoms with Gasteiger partial charge in [-0.3, -0.25) is 4.79 Å². The van der Waals surface area contributed by atoms with E-state index in [1.807, 2.05) is 0 Å². The summed E-state index contributed by atoms with van der Waals surface area (Å²) >= 11 is 0. The van der Waals surface area contributed by atoms with Crippen molar-refractivity contribution in [1.29, 1.82) is 0 Å². The maximum Gasteiger partial charge on any atom is 0.322 e. The highest BCUT2D eigenvalue weighted by molar-refractivity contribution is 5.73. The number of aliphatic carboxylic acids is 1. The standard InChI is InChI=1S/C6H12O6.C3H7NO3/c7-1-3(9)5(11)6(12)4(10)2-8;4-2(1-5)3(6)7/h1,3-6,8-12H,2H2;2,5H,1,4H2,(H,6,7). The first-order chi connectivity index (χ1) is 8.72. The van der Waals surface area contributed by atoms with Gasteiger partial charge in [0.15, 0.2) is 6.29 Å². The molecule has 0 radical (unpaired) electrons. The normalized spacial score (nSPS) is 18.3. The van der Waals surface area contributed by atoms with Crippen molar-refractivity contribution in [2.45, 2.75) is 30.5 Å². The molecular formula is C9H19NO9. The van der Waals surface area contributed by atoms with E-state index in [1.54, 1.807) is 0 Å². The van der Waals surface area contributed by atoms with E-state index in [4.69, 9.17) is 41.5 Å². The lowest BCUT2D eigenvalue weighted by molar-refractivity contribution is -0.139. The van der Waals surface area contributed by atoms with E-state index >= 15 is 0 Å². The highest BCUT2D eigenvalue weighted by Crippen LogP contribution is 2.02. The number of nitrogens with two attached hydrogens (primary N) is 1. The SMILES string of the molecule is NC(CO)C(=O)O.O=CC(O)C(O)C(O)C(O)CO. The lowest BCUT2D eigenvalue weighted by Crippen LogP contribution is -2.46.